The third-order valence-electron chi connectivity index (χ3n) is 4.02. The van der Waals surface area contributed by atoms with Crippen molar-refractivity contribution in [2.45, 2.75) is 39.2 Å². The Balaban J connectivity index is 2.00. The smallest absolute Gasteiger partial charge is 0.127 e. The minimum absolute atomic E-state index is 0.572. The van der Waals surface area contributed by atoms with Gasteiger partial charge in [-0.1, -0.05) is 0 Å². The molecule has 2 aromatic rings. The van der Waals surface area contributed by atoms with E-state index in [0.29, 0.717) is 6.04 Å². The van der Waals surface area contributed by atoms with Crippen molar-refractivity contribution >= 4 is 21.6 Å². The Labute approximate surface area is 112 Å². The lowest BCUT2D eigenvalue weighted by molar-refractivity contribution is 0.497. The maximum Gasteiger partial charge on any atom is 0.127 e. The van der Waals surface area contributed by atoms with E-state index in [4.69, 9.17) is 0 Å². The van der Waals surface area contributed by atoms with Crippen LogP contribution in [0.1, 0.15) is 29.0 Å². The summed E-state index contributed by atoms with van der Waals surface area (Å²) in [6, 6.07) is 0.572. The second kappa shape index (κ2) is 4.59. The number of aromatic nitrogens is 2. The van der Waals surface area contributed by atoms with Crippen LogP contribution in [-0.4, -0.2) is 23.1 Å². The first-order valence-corrected chi connectivity index (χ1v) is 7.39. The van der Waals surface area contributed by atoms with Crippen LogP contribution in [0.4, 0.5) is 0 Å². The highest BCUT2D eigenvalue weighted by molar-refractivity contribution is 7.18. The van der Waals surface area contributed by atoms with E-state index in [9.17, 15) is 0 Å². The Morgan fingerprint density at radius 3 is 2.83 bits per heavy atom. The first kappa shape index (κ1) is 12.1. The van der Waals surface area contributed by atoms with Gasteiger partial charge in [0.25, 0.3) is 0 Å². The molecule has 0 bridgehead atoms. The minimum Gasteiger partial charge on any atom is -0.316 e. The maximum absolute atomic E-state index is 4.53. The molecule has 0 aromatic carbocycles. The summed E-state index contributed by atoms with van der Waals surface area (Å²) in [5, 5.41) is 4.74. The van der Waals surface area contributed by atoms with Crippen molar-refractivity contribution in [2.24, 2.45) is 5.92 Å². The van der Waals surface area contributed by atoms with Gasteiger partial charge in [-0.2, -0.15) is 0 Å². The van der Waals surface area contributed by atoms with Gasteiger partial charge < -0.3 is 5.32 Å². The van der Waals surface area contributed by atoms with Gasteiger partial charge in [0, 0.05) is 22.7 Å². The lowest BCUT2D eigenvalue weighted by Gasteiger charge is -2.15. The Bertz CT molecular complexity index is 572. The molecule has 2 aromatic heterocycles. The average Bonchev–Trinajstić information content (AvgIpc) is 3.15. The van der Waals surface area contributed by atoms with Gasteiger partial charge in [0.05, 0.1) is 5.69 Å². The first-order chi connectivity index (χ1) is 8.70. The van der Waals surface area contributed by atoms with E-state index in [2.05, 4.69) is 36.2 Å². The van der Waals surface area contributed by atoms with E-state index >= 15 is 0 Å². The molecular weight excluding hydrogens is 242 g/mol. The summed E-state index contributed by atoms with van der Waals surface area (Å²) >= 11 is 1.78. The number of hydrogen-bond acceptors (Lipinski definition) is 4. The lowest BCUT2D eigenvalue weighted by Crippen LogP contribution is -2.30. The normalized spacial score (nSPS) is 17.3. The second-order valence-electron chi connectivity index (χ2n) is 5.22. The number of rotatable bonds is 4. The van der Waals surface area contributed by atoms with Gasteiger partial charge in [0.2, 0.25) is 0 Å². The van der Waals surface area contributed by atoms with Gasteiger partial charge in [-0.3, -0.25) is 0 Å². The molecule has 4 heteroatoms. The fourth-order valence-corrected chi connectivity index (χ4v) is 3.64. The molecule has 1 unspecified atom stereocenters. The molecule has 0 radical (unpaired) electrons. The molecule has 0 aliphatic heterocycles. The summed E-state index contributed by atoms with van der Waals surface area (Å²) < 4.78 is 0. The molecule has 3 rings (SSSR count). The number of hydrogen-bond donors (Lipinski definition) is 1. The van der Waals surface area contributed by atoms with E-state index in [1.807, 2.05) is 0 Å². The molecule has 0 amide bonds. The molecule has 1 aliphatic carbocycles. The minimum atomic E-state index is 0.572. The number of thiophene rings is 1. The molecule has 1 fully saturated rings. The molecule has 1 aliphatic rings. The molecule has 3 nitrogen and oxygen atoms in total. The first-order valence-electron chi connectivity index (χ1n) is 6.57. The third kappa shape index (κ3) is 2.04. The second-order valence-corrected chi connectivity index (χ2v) is 6.42. The summed E-state index contributed by atoms with van der Waals surface area (Å²) in [7, 11) is 2.06. The topological polar surface area (TPSA) is 37.8 Å². The SMILES string of the molecule is CNC(Cc1ncnc2sc(C)c(C)c12)C1CC1. The molecular formula is C14H19N3S. The number of nitrogens with zero attached hydrogens (tertiary/aromatic N) is 2. The predicted molar refractivity (Wildman–Crippen MR) is 76.2 cm³/mol. The van der Waals surface area contributed by atoms with Crippen LogP contribution in [0.5, 0.6) is 0 Å². The molecule has 2 heterocycles. The van der Waals surface area contributed by atoms with Crippen molar-refractivity contribution in [3.8, 4) is 0 Å². The highest BCUT2D eigenvalue weighted by atomic mass is 32.1. The van der Waals surface area contributed by atoms with E-state index < -0.39 is 0 Å². The van der Waals surface area contributed by atoms with Gasteiger partial charge in [0.15, 0.2) is 0 Å². The molecule has 0 spiro atoms. The van der Waals surface area contributed by atoms with Crippen molar-refractivity contribution in [2.75, 3.05) is 7.05 Å². The zero-order valence-corrected chi connectivity index (χ0v) is 12.0. The Morgan fingerprint density at radius 2 is 2.17 bits per heavy atom. The molecule has 1 saturated carbocycles. The van der Waals surface area contributed by atoms with Crippen LogP contribution in [-0.2, 0) is 6.42 Å². The van der Waals surface area contributed by atoms with Crippen molar-refractivity contribution in [1.82, 2.24) is 15.3 Å². The van der Waals surface area contributed by atoms with Gasteiger partial charge in [-0.15, -0.1) is 11.3 Å². The fourth-order valence-electron chi connectivity index (χ4n) is 2.62. The van der Waals surface area contributed by atoms with Crippen molar-refractivity contribution in [3.63, 3.8) is 0 Å². The van der Waals surface area contributed by atoms with Crippen LogP contribution in [0.25, 0.3) is 10.2 Å². The Hall–Kier alpha value is -1.00. The quantitative estimate of drug-likeness (QED) is 0.919. The molecule has 96 valence electrons. The lowest BCUT2D eigenvalue weighted by atomic mass is 10.0. The van der Waals surface area contributed by atoms with Crippen LogP contribution in [0.2, 0.25) is 0 Å². The zero-order chi connectivity index (χ0) is 12.7. The monoisotopic (exact) mass is 261 g/mol. The standard InChI is InChI=1S/C14H19N3S/c1-8-9(2)18-14-13(8)12(16-7-17-14)6-11(15-3)10-4-5-10/h7,10-11,15H,4-6H2,1-3H3. The Kier molecular flexibility index (Phi) is 3.08. The van der Waals surface area contributed by atoms with Crippen LogP contribution >= 0.6 is 11.3 Å². The summed E-state index contributed by atoms with van der Waals surface area (Å²) in [6.07, 6.45) is 5.46. The van der Waals surface area contributed by atoms with Crippen LogP contribution < -0.4 is 5.32 Å². The van der Waals surface area contributed by atoms with Gasteiger partial charge in [-0.25, -0.2) is 9.97 Å². The molecule has 1 atom stereocenters. The maximum atomic E-state index is 4.53. The van der Waals surface area contributed by atoms with E-state index in [1.165, 1.54) is 34.4 Å². The van der Waals surface area contributed by atoms with Gasteiger partial charge in [0.1, 0.15) is 11.2 Å². The highest BCUT2D eigenvalue weighted by Gasteiger charge is 2.31. The fraction of sp³-hybridized carbons (Fsp3) is 0.571. The summed E-state index contributed by atoms with van der Waals surface area (Å²) in [4.78, 5) is 11.4. The summed E-state index contributed by atoms with van der Waals surface area (Å²) in [5.41, 5.74) is 2.57. The van der Waals surface area contributed by atoms with Crippen LogP contribution in [0, 0.1) is 19.8 Å². The summed E-state index contributed by atoms with van der Waals surface area (Å²) in [5.74, 6) is 0.847. The van der Waals surface area contributed by atoms with E-state index in [0.717, 1.165) is 17.2 Å². The van der Waals surface area contributed by atoms with Crippen molar-refractivity contribution in [3.05, 3.63) is 22.5 Å². The van der Waals surface area contributed by atoms with Crippen molar-refractivity contribution < 1.29 is 0 Å². The zero-order valence-electron chi connectivity index (χ0n) is 11.2. The number of nitrogens with one attached hydrogen (secondary N) is 1. The Morgan fingerprint density at radius 1 is 1.39 bits per heavy atom. The van der Waals surface area contributed by atoms with Gasteiger partial charge >= 0.3 is 0 Å². The molecule has 1 N–H and O–H groups in total. The van der Waals surface area contributed by atoms with E-state index in [-0.39, 0.29) is 0 Å². The van der Waals surface area contributed by atoms with Crippen molar-refractivity contribution in [1.29, 1.82) is 0 Å². The van der Waals surface area contributed by atoms with Crippen LogP contribution in [0.3, 0.4) is 0 Å². The third-order valence-corrected chi connectivity index (χ3v) is 5.13. The van der Waals surface area contributed by atoms with Crippen LogP contribution in [0.15, 0.2) is 6.33 Å². The predicted octanol–water partition coefficient (Wildman–Crippen LogP) is 2.85. The largest absolute Gasteiger partial charge is 0.316 e. The van der Waals surface area contributed by atoms with E-state index in [1.54, 1.807) is 17.7 Å². The molecule has 0 saturated heterocycles. The average molecular weight is 261 g/mol. The highest BCUT2D eigenvalue weighted by Crippen LogP contribution is 2.36. The number of likely N-dealkylation sites (N-methyl/N-ethyl adjacent to an activating group) is 1. The molecule has 18 heavy (non-hydrogen) atoms. The summed E-state index contributed by atoms with van der Waals surface area (Å²) in [6.45, 7) is 4.36. The number of fused-ring (bicyclic) bond motifs is 1. The van der Waals surface area contributed by atoms with Gasteiger partial charge in [-0.05, 0) is 45.2 Å². The number of aryl methyl sites for hydroxylation is 2.